The zero-order valence-corrected chi connectivity index (χ0v) is 16.5. The number of benzene rings is 2. The summed E-state index contributed by atoms with van der Waals surface area (Å²) in [6.45, 7) is 2.86. The van der Waals surface area contributed by atoms with E-state index in [0.29, 0.717) is 18.7 Å². The Bertz CT molecular complexity index is 831. The van der Waals surface area contributed by atoms with Crippen LogP contribution in [0.5, 0.6) is 5.75 Å². The SMILES string of the molecule is CCCCCNS(=O)(=O)c1ccc(C(=O)NCc2ccc(OC)cc2)cc1. The van der Waals surface area contributed by atoms with Crippen LogP contribution in [0.4, 0.5) is 0 Å². The van der Waals surface area contributed by atoms with E-state index in [-0.39, 0.29) is 10.8 Å². The van der Waals surface area contributed by atoms with Crippen LogP contribution in [0.25, 0.3) is 0 Å². The fraction of sp³-hybridized carbons (Fsp3) is 0.350. The number of rotatable bonds is 10. The smallest absolute Gasteiger partial charge is 0.251 e. The molecule has 0 radical (unpaired) electrons. The number of methoxy groups -OCH3 is 1. The fourth-order valence-corrected chi connectivity index (χ4v) is 3.55. The topological polar surface area (TPSA) is 84.5 Å². The molecule has 27 heavy (non-hydrogen) atoms. The van der Waals surface area contributed by atoms with Crippen molar-refractivity contribution in [2.75, 3.05) is 13.7 Å². The van der Waals surface area contributed by atoms with E-state index in [2.05, 4.69) is 17.0 Å². The molecule has 0 aliphatic heterocycles. The normalized spacial score (nSPS) is 11.2. The molecule has 0 saturated heterocycles. The molecule has 0 aliphatic carbocycles. The zero-order chi connectivity index (χ0) is 19.7. The van der Waals surface area contributed by atoms with Crippen LogP contribution in [0, 0.1) is 0 Å². The molecule has 0 heterocycles. The summed E-state index contributed by atoms with van der Waals surface area (Å²) >= 11 is 0. The number of ether oxygens (including phenoxy) is 1. The zero-order valence-electron chi connectivity index (χ0n) is 15.7. The Kier molecular flexibility index (Phi) is 7.82. The van der Waals surface area contributed by atoms with Gasteiger partial charge < -0.3 is 10.1 Å². The second-order valence-electron chi connectivity index (χ2n) is 6.16. The van der Waals surface area contributed by atoms with E-state index in [9.17, 15) is 13.2 Å². The highest BCUT2D eigenvalue weighted by Gasteiger charge is 2.14. The van der Waals surface area contributed by atoms with Crippen molar-refractivity contribution in [1.82, 2.24) is 10.0 Å². The minimum atomic E-state index is -3.54. The highest BCUT2D eigenvalue weighted by atomic mass is 32.2. The van der Waals surface area contributed by atoms with Crippen molar-refractivity contribution in [3.63, 3.8) is 0 Å². The van der Waals surface area contributed by atoms with Crippen LogP contribution in [0.2, 0.25) is 0 Å². The van der Waals surface area contributed by atoms with Gasteiger partial charge in [0, 0.05) is 18.7 Å². The van der Waals surface area contributed by atoms with Gasteiger partial charge in [-0.15, -0.1) is 0 Å². The molecule has 0 saturated carbocycles. The Balaban J connectivity index is 1.92. The van der Waals surface area contributed by atoms with Gasteiger partial charge in [-0.3, -0.25) is 4.79 Å². The van der Waals surface area contributed by atoms with Gasteiger partial charge in [0.1, 0.15) is 5.75 Å². The summed E-state index contributed by atoms with van der Waals surface area (Å²) < 4.78 is 32.1. The monoisotopic (exact) mass is 390 g/mol. The number of sulfonamides is 1. The second-order valence-corrected chi connectivity index (χ2v) is 7.93. The average molecular weight is 391 g/mol. The van der Waals surface area contributed by atoms with Crippen molar-refractivity contribution in [3.05, 3.63) is 59.7 Å². The van der Waals surface area contributed by atoms with Crippen LogP contribution in [0.3, 0.4) is 0 Å². The molecule has 0 aliphatic rings. The highest BCUT2D eigenvalue weighted by molar-refractivity contribution is 7.89. The molecular formula is C20H26N2O4S. The molecule has 2 rings (SSSR count). The summed E-state index contributed by atoms with van der Waals surface area (Å²) in [6, 6.07) is 13.3. The molecule has 0 fully saturated rings. The lowest BCUT2D eigenvalue weighted by Crippen LogP contribution is -2.25. The van der Waals surface area contributed by atoms with Crippen molar-refractivity contribution < 1.29 is 17.9 Å². The van der Waals surface area contributed by atoms with E-state index in [4.69, 9.17) is 4.74 Å². The molecule has 6 nitrogen and oxygen atoms in total. The first-order valence-corrected chi connectivity index (χ1v) is 10.5. The minimum Gasteiger partial charge on any atom is -0.497 e. The van der Waals surface area contributed by atoms with E-state index < -0.39 is 10.0 Å². The lowest BCUT2D eigenvalue weighted by Gasteiger charge is -2.09. The third kappa shape index (κ3) is 6.37. The summed E-state index contributed by atoms with van der Waals surface area (Å²) in [5.41, 5.74) is 1.35. The largest absolute Gasteiger partial charge is 0.497 e. The fourth-order valence-electron chi connectivity index (χ4n) is 2.48. The maximum Gasteiger partial charge on any atom is 0.251 e. The third-order valence-electron chi connectivity index (χ3n) is 4.11. The number of amides is 1. The molecular weight excluding hydrogens is 364 g/mol. The first-order valence-electron chi connectivity index (χ1n) is 8.97. The summed E-state index contributed by atoms with van der Waals surface area (Å²) in [5, 5.41) is 2.81. The number of nitrogens with one attached hydrogen (secondary N) is 2. The molecule has 2 N–H and O–H groups in total. The van der Waals surface area contributed by atoms with Crippen LogP contribution in [0.15, 0.2) is 53.4 Å². The van der Waals surface area contributed by atoms with Crippen molar-refractivity contribution in [2.45, 2.75) is 37.6 Å². The Morgan fingerprint density at radius 1 is 1.00 bits per heavy atom. The number of hydrogen-bond acceptors (Lipinski definition) is 4. The maximum absolute atomic E-state index is 12.2. The summed E-state index contributed by atoms with van der Waals surface area (Å²) in [5.74, 6) is 0.496. The van der Waals surface area contributed by atoms with Gasteiger partial charge in [-0.05, 0) is 48.4 Å². The van der Waals surface area contributed by atoms with Crippen molar-refractivity contribution in [2.24, 2.45) is 0 Å². The van der Waals surface area contributed by atoms with Gasteiger partial charge in [-0.1, -0.05) is 31.9 Å². The Morgan fingerprint density at radius 2 is 1.67 bits per heavy atom. The van der Waals surface area contributed by atoms with Gasteiger partial charge in [-0.2, -0.15) is 0 Å². The number of hydrogen-bond donors (Lipinski definition) is 2. The Hall–Kier alpha value is -2.38. The molecule has 146 valence electrons. The second kappa shape index (κ2) is 10.1. The van der Waals surface area contributed by atoms with E-state index in [1.807, 2.05) is 24.3 Å². The molecule has 0 aromatic heterocycles. The van der Waals surface area contributed by atoms with Crippen LogP contribution in [-0.4, -0.2) is 28.0 Å². The lowest BCUT2D eigenvalue weighted by molar-refractivity contribution is 0.0951. The Morgan fingerprint density at radius 3 is 2.26 bits per heavy atom. The predicted octanol–water partition coefficient (Wildman–Crippen LogP) is 3.09. The molecule has 2 aromatic rings. The molecule has 7 heteroatoms. The van der Waals surface area contributed by atoms with Crippen LogP contribution >= 0.6 is 0 Å². The van der Waals surface area contributed by atoms with E-state index in [1.54, 1.807) is 7.11 Å². The van der Waals surface area contributed by atoms with Crippen molar-refractivity contribution >= 4 is 15.9 Å². The molecule has 2 aromatic carbocycles. The van der Waals surface area contributed by atoms with Crippen molar-refractivity contribution in [1.29, 1.82) is 0 Å². The highest BCUT2D eigenvalue weighted by Crippen LogP contribution is 2.13. The minimum absolute atomic E-state index is 0.158. The first-order chi connectivity index (χ1) is 13.0. The quantitative estimate of drug-likeness (QED) is 0.611. The molecule has 1 amide bonds. The summed E-state index contributed by atoms with van der Waals surface area (Å²) in [6.07, 6.45) is 2.82. The maximum atomic E-state index is 12.2. The standard InChI is InChI=1S/C20H26N2O4S/c1-3-4-5-14-22-27(24,25)19-12-8-17(9-13-19)20(23)21-15-16-6-10-18(26-2)11-7-16/h6-13,22H,3-5,14-15H2,1-2H3,(H,21,23). The van der Waals surface area contributed by atoms with Gasteiger partial charge in [0.2, 0.25) is 10.0 Å². The molecule has 0 spiro atoms. The van der Waals surface area contributed by atoms with Gasteiger partial charge in [-0.25, -0.2) is 13.1 Å². The van der Waals surface area contributed by atoms with Gasteiger partial charge >= 0.3 is 0 Å². The molecule has 0 unspecified atom stereocenters. The van der Waals surface area contributed by atoms with Crippen LogP contribution in [-0.2, 0) is 16.6 Å². The predicted molar refractivity (Wildman–Crippen MR) is 105 cm³/mol. The van der Waals surface area contributed by atoms with Crippen LogP contribution in [0.1, 0.15) is 42.1 Å². The van der Waals surface area contributed by atoms with Crippen LogP contribution < -0.4 is 14.8 Å². The summed E-state index contributed by atoms with van der Waals surface area (Å²) in [4.78, 5) is 12.4. The molecule has 0 bridgehead atoms. The van der Waals surface area contributed by atoms with Gasteiger partial charge in [0.25, 0.3) is 5.91 Å². The lowest BCUT2D eigenvalue weighted by atomic mass is 10.2. The van der Waals surface area contributed by atoms with Crippen molar-refractivity contribution in [3.8, 4) is 5.75 Å². The Labute approximate surface area is 161 Å². The van der Waals surface area contributed by atoms with E-state index >= 15 is 0 Å². The summed E-state index contributed by atoms with van der Waals surface area (Å²) in [7, 11) is -1.94. The van der Waals surface area contributed by atoms with E-state index in [0.717, 1.165) is 30.6 Å². The number of carbonyl (C=O) groups is 1. The number of carbonyl (C=O) groups excluding carboxylic acids is 1. The average Bonchev–Trinajstić information content (AvgIpc) is 2.70. The third-order valence-corrected chi connectivity index (χ3v) is 5.59. The van der Waals surface area contributed by atoms with Gasteiger partial charge in [0.05, 0.1) is 12.0 Å². The van der Waals surface area contributed by atoms with E-state index in [1.165, 1.54) is 24.3 Å². The molecule has 0 atom stereocenters. The number of unbranched alkanes of at least 4 members (excludes halogenated alkanes) is 2. The first kappa shape index (κ1) is 20.9. The van der Waals surface area contributed by atoms with Gasteiger partial charge in [0.15, 0.2) is 0 Å².